The van der Waals surface area contributed by atoms with Crippen LogP contribution in [0.25, 0.3) is 0 Å². The number of aryl methyl sites for hydroxylation is 2. The smallest absolute Gasteiger partial charge is 0.211 e. The summed E-state index contributed by atoms with van der Waals surface area (Å²) in [4.78, 5) is 4.04. The van der Waals surface area contributed by atoms with Crippen LogP contribution in [0.3, 0.4) is 0 Å². The van der Waals surface area contributed by atoms with Gasteiger partial charge in [0, 0.05) is 18.9 Å². The van der Waals surface area contributed by atoms with Gasteiger partial charge in [-0.2, -0.15) is 0 Å². The van der Waals surface area contributed by atoms with Gasteiger partial charge in [-0.15, -0.1) is 0 Å². The predicted octanol–water partition coefficient (Wildman–Crippen LogP) is 2.57. The molecule has 0 amide bonds. The topological polar surface area (TPSA) is 59.1 Å². The van der Waals surface area contributed by atoms with E-state index in [2.05, 4.69) is 9.71 Å². The molecule has 0 aliphatic heterocycles. The lowest BCUT2D eigenvalue weighted by Gasteiger charge is -2.07. The normalized spacial score (nSPS) is 11.5. The lowest BCUT2D eigenvalue weighted by Crippen LogP contribution is -2.27. The molecule has 0 saturated carbocycles. The number of nitrogens with zero attached hydrogens (tertiary/aromatic N) is 1. The van der Waals surface area contributed by atoms with Gasteiger partial charge in [0.05, 0.1) is 5.75 Å². The second-order valence-corrected chi connectivity index (χ2v) is 7.19. The first kappa shape index (κ1) is 16.6. The molecule has 1 N–H and O–H groups in total. The van der Waals surface area contributed by atoms with Crippen molar-refractivity contribution in [1.29, 1.82) is 0 Å². The minimum atomic E-state index is -3.17. The van der Waals surface area contributed by atoms with Gasteiger partial charge in [-0.25, -0.2) is 13.1 Å². The third-order valence-electron chi connectivity index (χ3n) is 3.41. The van der Waals surface area contributed by atoms with Gasteiger partial charge in [-0.3, -0.25) is 4.98 Å². The minimum absolute atomic E-state index is 0.175. The van der Waals surface area contributed by atoms with Crippen LogP contribution in [0.4, 0.5) is 0 Å². The Morgan fingerprint density at radius 1 is 0.909 bits per heavy atom. The van der Waals surface area contributed by atoms with E-state index < -0.39 is 10.0 Å². The fourth-order valence-electron chi connectivity index (χ4n) is 2.25. The van der Waals surface area contributed by atoms with Gasteiger partial charge in [0.1, 0.15) is 0 Å². The van der Waals surface area contributed by atoms with Gasteiger partial charge in [0.2, 0.25) is 10.0 Å². The number of rotatable bonds is 9. The molecule has 22 heavy (non-hydrogen) atoms. The Kier molecular flexibility index (Phi) is 6.55. The zero-order valence-corrected chi connectivity index (χ0v) is 13.4. The highest BCUT2D eigenvalue weighted by molar-refractivity contribution is 7.89. The summed E-state index contributed by atoms with van der Waals surface area (Å²) in [7, 11) is -3.17. The van der Waals surface area contributed by atoms with Gasteiger partial charge in [0.15, 0.2) is 0 Å². The van der Waals surface area contributed by atoms with Crippen molar-refractivity contribution in [1.82, 2.24) is 9.71 Å². The second kappa shape index (κ2) is 8.66. The van der Waals surface area contributed by atoms with E-state index in [4.69, 9.17) is 0 Å². The SMILES string of the molecule is O=S(=O)(CCCc1ccccc1)NCCCc1cccnc1. The average Bonchev–Trinajstić information content (AvgIpc) is 2.53. The van der Waals surface area contributed by atoms with Crippen LogP contribution in [0.2, 0.25) is 0 Å². The molecule has 118 valence electrons. The highest BCUT2D eigenvalue weighted by Gasteiger charge is 2.09. The van der Waals surface area contributed by atoms with E-state index in [0.717, 1.165) is 24.8 Å². The molecule has 2 aromatic rings. The quantitative estimate of drug-likeness (QED) is 0.723. The standard InChI is InChI=1S/C17H22N2O2S/c20-22(21,14-6-11-16-7-2-1-3-8-16)19-13-5-10-17-9-4-12-18-15-17/h1-4,7-9,12,15,19H,5-6,10-11,13-14H2. The summed E-state index contributed by atoms with van der Waals surface area (Å²) < 4.78 is 26.5. The maximum atomic E-state index is 11.9. The number of pyridine rings is 1. The molecule has 0 spiro atoms. The van der Waals surface area contributed by atoms with Crippen LogP contribution in [0.15, 0.2) is 54.9 Å². The van der Waals surface area contributed by atoms with Crippen LogP contribution in [0.5, 0.6) is 0 Å². The van der Waals surface area contributed by atoms with Crippen LogP contribution >= 0.6 is 0 Å². The summed E-state index contributed by atoms with van der Waals surface area (Å²) in [5, 5.41) is 0. The van der Waals surface area contributed by atoms with Crippen LogP contribution in [0, 0.1) is 0 Å². The summed E-state index contributed by atoms with van der Waals surface area (Å²) in [5.41, 5.74) is 2.31. The molecule has 0 fully saturated rings. The molecule has 1 aromatic carbocycles. The van der Waals surface area contributed by atoms with Crippen molar-refractivity contribution in [2.24, 2.45) is 0 Å². The molecule has 0 radical (unpaired) electrons. The fraction of sp³-hybridized carbons (Fsp3) is 0.353. The van der Waals surface area contributed by atoms with Gasteiger partial charge in [-0.05, 0) is 42.9 Å². The minimum Gasteiger partial charge on any atom is -0.264 e. The van der Waals surface area contributed by atoms with Crippen molar-refractivity contribution in [3.63, 3.8) is 0 Å². The third-order valence-corrected chi connectivity index (χ3v) is 4.88. The van der Waals surface area contributed by atoms with Crippen molar-refractivity contribution < 1.29 is 8.42 Å². The molecule has 0 aliphatic carbocycles. The van der Waals surface area contributed by atoms with Gasteiger partial charge in [-0.1, -0.05) is 36.4 Å². The Balaban J connectivity index is 1.64. The van der Waals surface area contributed by atoms with Gasteiger partial charge < -0.3 is 0 Å². The van der Waals surface area contributed by atoms with E-state index in [0.29, 0.717) is 13.0 Å². The van der Waals surface area contributed by atoms with Crippen molar-refractivity contribution in [2.45, 2.75) is 25.7 Å². The van der Waals surface area contributed by atoms with Crippen molar-refractivity contribution in [3.8, 4) is 0 Å². The molecule has 5 heteroatoms. The average molecular weight is 318 g/mol. The Bertz CT molecular complexity index is 643. The molecule has 0 unspecified atom stereocenters. The van der Waals surface area contributed by atoms with E-state index in [1.807, 2.05) is 48.7 Å². The van der Waals surface area contributed by atoms with E-state index in [9.17, 15) is 8.42 Å². The van der Waals surface area contributed by atoms with Crippen LogP contribution in [-0.4, -0.2) is 25.7 Å². The van der Waals surface area contributed by atoms with Gasteiger partial charge >= 0.3 is 0 Å². The molecule has 1 heterocycles. The molecule has 1 aromatic heterocycles. The summed E-state index contributed by atoms with van der Waals surface area (Å²) in [6, 6.07) is 13.8. The van der Waals surface area contributed by atoms with Crippen LogP contribution in [-0.2, 0) is 22.9 Å². The first-order valence-electron chi connectivity index (χ1n) is 7.56. The molecule has 0 saturated heterocycles. The van der Waals surface area contributed by atoms with E-state index >= 15 is 0 Å². The first-order chi connectivity index (χ1) is 10.7. The monoisotopic (exact) mass is 318 g/mol. The van der Waals surface area contributed by atoms with Crippen molar-refractivity contribution in [3.05, 3.63) is 66.0 Å². The fourth-order valence-corrected chi connectivity index (χ4v) is 3.37. The summed E-state index contributed by atoms with van der Waals surface area (Å²) >= 11 is 0. The van der Waals surface area contributed by atoms with E-state index in [-0.39, 0.29) is 5.75 Å². The zero-order chi connectivity index (χ0) is 15.7. The Labute approximate surface area is 132 Å². The van der Waals surface area contributed by atoms with E-state index in [1.165, 1.54) is 5.56 Å². The van der Waals surface area contributed by atoms with Crippen molar-refractivity contribution in [2.75, 3.05) is 12.3 Å². The van der Waals surface area contributed by atoms with E-state index in [1.54, 1.807) is 6.20 Å². The molecule has 0 atom stereocenters. The molecule has 0 bridgehead atoms. The highest BCUT2D eigenvalue weighted by Crippen LogP contribution is 2.04. The molecular weight excluding hydrogens is 296 g/mol. The molecule has 2 rings (SSSR count). The third kappa shape index (κ3) is 6.37. The summed E-state index contributed by atoms with van der Waals surface area (Å²) in [5.74, 6) is 0.175. The number of benzene rings is 1. The number of aromatic nitrogens is 1. The van der Waals surface area contributed by atoms with Crippen molar-refractivity contribution >= 4 is 10.0 Å². The number of hydrogen-bond donors (Lipinski definition) is 1. The Morgan fingerprint density at radius 2 is 1.64 bits per heavy atom. The van der Waals surface area contributed by atoms with Gasteiger partial charge in [0.25, 0.3) is 0 Å². The number of nitrogens with one attached hydrogen (secondary N) is 1. The summed E-state index contributed by atoms with van der Waals surface area (Å²) in [6.07, 6.45) is 6.59. The Hall–Kier alpha value is -1.72. The largest absolute Gasteiger partial charge is 0.264 e. The molecular formula is C17H22N2O2S. The second-order valence-electron chi connectivity index (χ2n) is 5.27. The zero-order valence-electron chi connectivity index (χ0n) is 12.6. The maximum absolute atomic E-state index is 11.9. The van der Waals surface area contributed by atoms with Crippen LogP contribution in [0.1, 0.15) is 24.0 Å². The first-order valence-corrected chi connectivity index (χ1v) is 9.21. The highest BCUT2D eigenvalue weighted by atomic mass is 32.2. The lowest BCUT2D eigenvalue weighted by atomic mass is 10.1. The number of sulfonamides is 1. The molecule has 0 aliphatic rings. The lowest BCUT2D eigenvalue weighted by molar-refractivity contribution is 0.576. The maximum Gasteiger partial charge on any atom is 0.211 e. The Morgan fingerprint density at radius 3 is 2.36 bits per heavy atom. The van der Waals surface area contributed by atoms with Crippen LogP contribution < -0.4 is 4.72 Å². The predicted molar refractivity (Wildman–Crippen MR) is 89.1 cm³/mol. The number of hydrogen-bond acceptors (Lipinski definition) is 3. The molecule has 4 nitrogen and oxygen atoms in total. The summed E-state index contributed by atoms with van der Waals surface area (Å²) in [6.45, 7) is 0.475.